The molecule has 4 rings (SSSR count). The van der Waals surface area contributed by atoms with E-state index in [1.54, 1.807) is 16.5 Å². The number of alkyl halides is 3. The molecule has 2 N–H and O–H groups in total. The van der Waals surface area contributed by atoms with Crippen LogP contribution in [-0.4, -0.2) is 65.8 Å². The molecule has 0 atom stereocenters. The van der Waals surface area contributed by atoms with Crippen LogP contribution in [0.1, 0.15) is 10.5 Å². The molecule has 2 amide bonds. The fourth-order valence-electron chi connectivity index (χ4n) is 3.39. The Labute approximate surface area is 202 Å². The number of benzene rings is 1. The minimum atomic E-state index is -4.77. The van der Waals surface area contributed by atoms with E-state index in [0.29, 0.717) is 31.9 Å². The van der Waals surface area contributed by atoms with Crippen LogP contribution in [0.3, 0.4) is 0 Å². The summed E-state index contributed by atoms with van der Waals surface area (Å²) in [5, 5.41) is 7.28. The van der Waals surface area contributed by atoms with E-state index in [0.717, 1.165) is 29.3 Å². The van der Waals surface area contributed by atoms with Crippen LogP contribution in [0.5, 0.6) is 5.75 Å². The summed E-state index contributed by atoms with van der Waals surface area (Å²) in [6, 6.07) is 10.7. The van der Waals surface area contributed by atoms with Gasteiger partial charge in [-0.25, -0.2) is 9.97 Å². The normalized spacial score (nSPS) is 13.9. The molecule has 0 unspecified atom stereocenters. The Balaban J connectivity index is 1.23. The Hall–Kier alpha value is -3.87. The van der Waals surface area contributed by atoms with Crippen LogP contribution in [0.25, 0.3) is 0 Å². The van der Waals surface area contributed by atoms with Gasteiger partial charge in [0.15, 0.2) is 5.13 Å². The molecule has 0 bridgehead atoms. The van der Waals surface area contributed by atoms with Gasteiger partial charge in [0.1, 0.15) is 17.3 Å². The molecule has 1 aromatic carbocycles. The van der Waals surface area contributed by atoms with Gasteiger partial charge in [-0.2, -0.15) is 0 Å². The van der Waals surface area contributed by atoms with Gasteiger partial charge in [0, 0.05) is 43.4 Å². The molecule has 35 heavy (non-hydrogen) atoms. The second kappa shape index (κ2) is 10.6. The van der Waals surface area contributed by atoms with E-state index >= 15 is 0 Å². The standard InChI is InChI=1S/C22H21F3N6O3S/c23-22(24,25)34-16-6-4-15(5-7-16)27-13-19(32)29-21-28-17(14-35-21)20(33)31-11-9-30(10-12-31)18-3-1-2-8-26-18/h1-8,14,27H,9-13H2,(H,28,29,32). The lowest BCUT2D eigenvalue weighted by Crippen LogP contribution is -2.49. The van der Waals surface area contributed by atoms with Crippen molar-refractivity contribution in [1.29, 1.82) is 0 Å². The number of hydrogen-bond acceptors (Lipinski definition) is 8. The Morgan fingerprint density at radius 1 is 1.06 bits per heavy atom. The molecule has 9 nitrogen and oxygen atoms in total. The summed E-state index contributed by atoms with van der Waals surface area (Å²) in [6.45, 7) is 2.24. The van der Waals surface area contributed by atoms with Gasteiger partial charge < -0.3 is 25.2 Å². The minimum absolute atomic E-state index is 0.141. The summed E-state index contributed by atoms with van der Waals surface area (Å²) in [7, 11) is 0. The number of halogens is 3. The fraction of sp³-hybridized carbons (Fsp3) is 0.273. The highest BCUT2D eigenvalue weighted by Gasteiger charge is 2.31. The maximum Gasteiger partial charge on any atom is 0.573 e. The highest BCUT2D eigenvalue weighted by Crippen LogP contribution is 2.24. The highest BCUT2D eigenvalue weighted by molar-refractivity contribution is 7.14. The van der Waals surface area contributed by atoms with Gasteiger partial charge in [0.05, 0.1) is 6.54 Å². The zero-order chi connectivity index (χ0) is 24.8. The molecule has 0 radical (unpaired) electrons. The lowest BCUT2D eigenvalue weighted by atomic mass is 10.3. The van der Waals surface area contributed by atoms with Crippen LogP contribution in [0.4, 0.5) is 29.8 Å². The molecule has 0 saturated carbocycles. The van der Waals surface area contributed by atoms with Crippen LogP contribution < -0.4 is 20.3 Å². The lowest BCUT2D eigenvalue weighted by molar-refractivity contribution is -0.274. The van der Waals surface area contributed by atoms with E-state index in [1.165, 1.54) is 12.1 Å². The van der Waals surface area contributed by atoms with Crippen LogP contribution in [0.15, 0.2) is 54.0 Å². The van der Waals surface area contributed by atoms with Gasteiger partial charge >= 0.3 is 6.36 Å². The van der Waals surface area contributed by atoms with Gasteiger partial charge in [-0.3, -0.25) is 9.59 Å². The van der Waals surface area contributed by atoms with E-state index in [-0.39, 0.29) is 29.0 Å². The van der Waals surface area contributed by atoms with Crippen molar-refractivity contribution < 1.29 is 27.5 Å². The number of carbonyl (C=O) groups excluding carboxylic acids is 2. The van der Waals surface area contributed by atoms with Crippen molar-refractivity contribution in [3.8, 4) is 5.75 Å². The van der Waals surface area contributed by atoms with Gasteiger partial charge in [-0.15, -0.1) is 24.5 Å². The Morgan fingerprint density at radius 3 is 2.46 bits per heavy atom. The second-order valence-corrected chi connectivity index (χ2v) is 8.34. The SMILES string of the molecule is O=C(CNc1ccc(OC(F)(F)F)cc1)Nc1nc(C(=O)N2CCN(c3ccccn3)CC2)cs1. The van der Waals surface area contributed by atoms with Crippen LogP contribution in [0, 0.1) is 0 Å². The fourth-order valence-corrected chi connectivity index (χ4v) is 4.09. The van der Waals surface area contributed by atoms with Crippen LogP contribution in [-0.2, 0) is 4.79 Å². The monoisotopic (exact) mass is 506 g/mol. The van der Waals surface area contributed by atoms with E-state index in [2.05, 4.69) is 30.2 Å². The smallest absolute Gasteiger partial charge is 0.406 e. The predicted molar refractivity (Wildman–Crippen MR) is 125 cm³/mol. The molecule has 0 aliphatic carbocycles. The summed E-state index contributed by atoms with van der Waals surface area (Å²) in [5.74, 6) is -0.109. The number of nitrogens with zero attached hydrogens (tertiary/aromatic N) is 4. The average Bonchev–Trinajstić information content (AvgIpc) is 3.31. The number of piperazine rings is 1. The minimum Gasteiger partial charge on any atom is -0.406 e. The first-order chi connectivity index (χ1) is 16.8. The largest absolute Gasteiger partial charge is 0.573 e. The van der Waals surface area contributed by atoms with Crippen molar-refractivity contribution in [2.75, 3.05) is 48.3 Å². The molecule has 1 aliphatic rings. The molecular weight excluding hydrogens is 485 g/mol. The van der Waals surface area contributed by atoms with Crippen LogP contribution in [0.2, 0.25) is 0 Å². The summed E-state index contributed by atoms with van der Waals surface area (Å²) in [6.07, 6.45) is -3.03. The average molecular weight is 507 g/mol. The van der Waals surface area contributed by atoms with Crippen molar-refractivity contribution >= 4 is 39.8 Å². The van der Waals surface area contributed by atoms with Gasteiger partial charge in [-0.05, 0) is 36.4 Å². The van der Waals surface area contributed by atoms with E-state index < -0.39 is 12.3 Å². The summed E-state index contributed by atoms with van der Waals surface area (Å²) < 4.78 is 40.5. The van der Waals surface area contributed by atoms with Crippen molar-refractivity contribution in [2.45, 2.75) is 6.36 Å². The number of hydrogen-bond donors (Lipinski definition) is 2. The number of aromatic nitrogens is 2. The molecule has 2 aromatic heterocycles. The molecule has 13 heteroatoms. The number of pyridine rings is 1. The predicted octanol–water partition coefficient (Wildman–Crippen LogP) is 3.45. The lowest BCUT2D eigenvalue weighted by Gasteiger charge is -2.35. The third-order valence-electron chi connectivity index (χ3n) is 5.05. The molecule has 1 fully saturated rings. The Kier molecular flexibility index (Phi) is 7.34. The number of amides is 2. The van der Waals surface area contributed by atoms with Crippen molar-refractivity contribution in [1.82, 2.24) is 14.9 Å². The molecule has 3 heterocycles. The van der Waals surface area contributed by atoms with E-state index in [9.17, 15) is 22.8 Å². The first-order valence-electron chi connectivity index (χ1n) is 10.6. The molecule has 1 saturated heterocycles. The van der Waals surface area contributed by atoms with Crippen molar-refractivity contribution in [3.05, 3.63) is 59.7 Å². The first kappa shape index (κ1) is 24.3. The third-order valence-corrected chi connectivity index (χ3v) is 5.81. The van der Waals surface area contributed by atoms with E-state index in [4.69, 9.17) is 0 Å². The van der Waals surface area contributed by atoms with Gasteiger partial charge in [-0.1, -0.05) is 6.07 Å². The molecule has 3 aromatic rings. The maximum atomic E-state index is 12.8. The number of nitrogens with one attached hydrogen (secondary N) is 2. The highest BCUT2D eigenvalue weighted by atomic mass is 32.1. The Bertz CT molecular complexity index is 1150. The molecular formula is C22H21F3N6O3S. The zero-order valence-corrected chi connectivity index (χ0v) is 19.1. The second-order valence-electron chi connectivity index (χ2n) is 7.48. The van der Waals surface area contributed by atoms with Crippen LogP contribution >= 0.6 is 11.3 Å². The maximum absolute atomic E-state index is 12.8. The third kappa shape index (κ3) is 6.82. The zero-order valence-electron chi connectivity index (χ0n) is 18.3. The van der Waals surface area contributed by atoms with E-state index in [1.807, 2.05) is 18.2 Å². The molecule has 0 spiro atoms. The first-order valence-corrected chi connectivity index (χ1v) is 11.4. The summed E-state index contributed by atoms with van der Waals surface area (Å²) in [4.78, 5) is 37.4. The number of ether oxygens (including phenoxy) is 1. The summed E-state index contributed by atoms with van der Waals surface area (Å²) in [5.41, 5.74) is 0.694. The Morgan fingerprint density at radius 2 is 1.80 bits per heavy atom. The van der Waals surface area contributed by atoms with Crippen molar-refractivity contribution in [2.24, 2.45) is 0 Å². The number of carbonyl (C=O) groups is 2. The molecule has 1 aliphatic heterocycles. The topological polar surface area (TPSA) is 99.7 Å². The number of thiazole rings is 1. The number of rotatable bonds is 7. The molecule has 184 valence electrons. The summed E-state index contributed by atoms with van der Waals surface area (Å²) >= 11 is 1.13. The quantitative estimate of drug-likeness (QED) is 0.506. The van der Waals surface area contributed by atoms with Gasteiger partial charge in [0.2, 0.25) is 5.91 Å². The van der Waals surface area contributed by atoms with Gasteiger partial charge in [0.25, 0.3) is 5.91 Å². The van der Waals surface area contributed by atoms with Crippen molar-refractivity contribution in [3.63, 3.8) is 0 Å². The number of anilines is 3.